The van der Waals surface area contributed by atoms with Gasteiger partial charge in [0.05, 0.1) is 0 Å². The van der Waals surface area contributed by atoms with Crippen LogP contribution in [0.3, 0.4) is 0 Å². The molecule has 0 aliphatic heterocycles. The predicted octanol–water partition coefficient (Wildman–Crippen LogP) is 4.61. The summed E-state index contributed by atoms with van der Waals surface area (Å²) >= 11 is 6.07. The second kappa shape index (κ2) is 5.27. The monoisotopic (exact) mass is 289 g/mol. The SMILES string of the molecule is CNCc1ccc(Cl)cc1-c1cc2cc(F)ccc2o1. The van der Waals surface area contributed by atoms with Gasteiger partial charge in [-0.25, -0.2) is 4.39 Å². The number of benzene rings is 2. The van der Waals surface area contributed by atoms with Crippen LogP contribution in [0.15, 0.2) is 46.9 Å². The van der Waals surface area contributed by atoms with E-state index in [2.05, 4.69) is 5.32 Å². The number of nitrogens with one attached hydrogen (secondary N) is 1. The van der Waals surface area contributed by atoms with E-state index in [1.54, 1.807) is 6.07 Å². The van der Waals surface area contributed by atoms with Crippen molar-refractivity contribution in [1.29, 1.82) is 0 Å². The Balaban J connectivity index is 2.16. The summed E-state index contributed by atoms with van der Waals surface area (Å²) in [4.78, 5) is 0. The molecule has 0 bridgehead atoms. The lowest BCUT2D eigenvalue weighted by molar-refractivity contribution is 0.618. The summed E-state index contributed by atoms with van der Waals surface area (Å²) < 4.78 is 19.0. The van der Waals surface area contributed by atoms with E-state index in [1.807, 2.05) is 31.3 Å². The number of hydrogen-bond donors (Lipinski definition) is 1. The summed E-state index contributed by atoms with van der Waals surface area (Å²) in [6.45, 7) is 0.706. The largest absolute Gasteiger partial charge is 0.456 e. The topological polar surface area (TPSA) is 25.2 Å². The van der Waals surface area contributed by atoms with Gasteiger partial charge in [0.15, 0.2) is 0 Å². The van der Waals surface area contributed by atoms with Gasteiger partial charge >= 0.3 is 0 Å². The summed E-state index contributed by atoms with van der Waals surface area (Å²) in [7, 11) is 1.88. The molecule has 0 spiro atoms. The molecule has 0 atom stereocenters. The van der Waals surface area contributed by atoms with E-state index in [9.17, 15) is 4.39 Å². The molecule has 3 aromatic rings. The Morgan fingerprint density at radius 3 is 2.80 bits per heavy atom. The summed E-state index contributed by atoms with van der Waals surface area (Å²) in [6, 6.07) is 12.0. The van der Waals surface area contributed by atoms with Crippen LogP contribution in [0.2, 0.25) is 5.02 Å². The first-order chi connectivity index (χ1) is 9.67. The minimum absolute atomic E-state index is 0.272. The highest BCUT2D eigenvalue weighted by Gasteiger charge is 2.11. The molecule has 2 aromatic carbocycles. The van der Waals surface area contributed by atoms with Crippen LogP contribution < -0.4 is 5.32 Å². The summed E-state index contributed by atoms with van der Waals surface area (Å²) in [5.74, 6) is 0.421. The van der Waals surface area contributed by atoms with E-state index in [0.717, 1.165) is 16.5 Å². The zero-order valence-corrected chi connectivity index (χ0v) is 11.7. The molecule has 0 radical (unpaired) electrons. The van der Waals surface area contributed by atoms with E-state index in [1.165, 1.54) is 12.1 Å². The van der Waals surface area contributed by atoms with E-state index < -0.39 is 0 Å². The molecule has 1 aromatic heterocycles. The van der Waals surface area contributed by atoms with Crippen molar-refractivity contribution >= 4 is 22.6 Å². The minimum Gasteiger partial charge on any atom is -0.456 e. The smallest absolute Gasteiger partial charge is 0.135 e. The standard InChI is InChI=1S/C16H13ClFNO/c1-19-9-10-2-3-12(17)8-14(10)16-7-11-6-13(18)4-5-15(11)20-16/h2-8,19H,9H2,1H3. The van der Waals surface area contributed by atoms with Crippen molar-refractivity contribution in [2.75, 3.05) is 7.05 Å². The van der Waals surface area contributed by atoms with Crippen LogP contribution in [0.4, 0.5) is 4.39 Å². The maximum Gasteiger partial charge on any atom is 0.135 e. The zero-order valence-electron chi connectivity index (χ0n) is 10.9. The first-order valence-electron chi connectivity index (χ1n) is 6.30. The van der Waals surface area contributed by atoms with Gasteiger partial charge in [-0.2, -0.15) is 0 Å². The molecule has 0 amide bonds. The first-order valence-corrected chi connectivity index (χ1v) is 6.67. The highest BCUT2D eigenvalue weighted by Crippen LogP contribution is 2.32. The Kier molecular flexibility index (Phi) is 3.47. The maximum atomic E-state index is 13.2. The van der Waals surface area contributed by atoms with Gasteiger partial charge in [0.25, 0.3) is 0 Å². The Bertz CT molecular complexity index is 766. The number of hydrogen-bond acceptors (Lipinski definition) is 2. The van der Waals surface area contributed by atoms with Crippen molar-refractivity contribution in [2.24, 2.45) is 0 Å². The summed E-state index contributed by atoms with van der Waals surface area (Å²) in [6.07, 6.45) is 0. The third kappa shape index (κ3) is 2.42. The molecule has 1 N–H and O–H groups in total. The van der Waals surface area contributed by atoms with Gasteiger partial charge in [0, 0.05) is 22.5 Å². The van der Waals surface area contributed by atoms with Crippen molar-refractivity contribution in [2.45, 2.75) is 6.54 Å². The van der Waals surface area contributed by atoms with Crippen LogP contribution in [0.25, 0.3) is 22.3 Å². The van der Waals surface area contributed by atoms with Gasteiger partial charge in [0.2, 0.25) is 0 Å². The molecule has 0 saturated carbocycles. The van der Waals surface area contributed by atoms with E-state index in [-0.39, 0.29) is 5.82 Å². The van der Waals surface area contributed by atoms with Gasteiger partial charge in [-0.1, -0.05) is 17.7 Å². The number of furan rings is 1. The van der Waals surface area contributed by atoms with Crippen molar-refractivity contribution in [3.8, 4) is 11.3 Å². The van der Waals surface area contributed by atoms with Gasteiger partial charge in [-0.05, 0) is 49.0 Å². The summed E-state index contributed by atoms with van der Waals surface area (Å²) in [5, 5.41) is 4.50. The van der Waals surface area contributed by atoms with Crippen LogP contribution in [-0.4, -0.2) is 7.05 Å². The number of fused-ring (bicyclic) bond motifs is 1. The highest BCUT2D eigenvalue weighted by atomic mass is 35.5. The number of halogens is 2. The lowest BCUT2D eigenvalue weighted by Gasteiger charge is -2.07. The molecule has 0 fully saturated rings. The van der Waals surface area contributed by atoms with Crippen LogP contribution in [0.1, 0.15) is 5.56 Å². The lowest BCUT2D eigenvalue weighted by atomic mass is 10.0. The molecule has 0 unspecified atom stereocenters. The minimum atomic E-state index is -0.272. The van der Waals surface area contributed by atoms with Gasteiger partial charge in [-0.15, -0.1) is 0 Å². The van der Waals surface area contributed by atoms with Crippen molar-refractivity contribution in [3.63, 3.8) is 0 Å². The Labute approximate surface area is 121 Å². The Hall–Kier alpha value is -1.84. The molecule has 20 heavy (non-hydrogen) atoms. The van der Waals surface area contributed by atoms with E-state index in [0.29, 0.717) is 22.9 Å². The molecule has 102 valence electrons. The summed E-state index contributed by atoms with van der Waals surface area (Å²) in [5.41, 5.74) is 2.66. The molecular formula is C16H13ClFNO. The molecule has 2 nitrogen and oxygen atoms in total. The zero-order chi connectivity index (χ0) is 14.1. The molecule has 1 heterocycles. The Morgan fingerprint density at radius 1 is 1.15 bits per heavy atom. The van der Waals surface area contributed by atoms with Gasteiger partial charge in [-0.3, -0.25) is 0 Å². The molecule has 3 rings (SSSR count). The maximum absolute atomic E-state index is 13.2. The van der Waals surface area contributed by atoms with Crippen molar-refractivity contribution < 1.29 is 8.81 Å². The third-order valence-electron chi connectivity index (χ3n) is 3.18. The fourth-order valence-corrected chi connectivity index (χ4v) is 2.44. The number of rotatable bonds is 3. The van der Waals surface area contributed by atoms with Gasteiger partial charge < -0.3 is 9.73 Å². The molecular weight excluding hydrogens is 277 g/mol. The Morgan fingerprint density at radius 2 is 2.00 bits per heavy atom. The van der Waals surface area contributed by atoms with Crippen LogP contribution in [0, 0.1) is 5.82 Å². The average Bonchev–Trinajstić information content (AvgIpc) is 2.83. The quantitative estimate of drug-likeness (QED) is 0.761. The molecule has 4 heteroatoms. The van der Waals surface area contributed by atoms with Crippen molar-refractivity contribution in [1.82, 2.24) is 5.32 Å². The van der Waals surface area contributed by atoms with Crippen molar-refractivity contribution in [3.05, 3.63) is 58.9 Å². The van der Waals surface area contributed by atoms with E-state index in [4.69, 9.17) is 16.0 Å². The molecule has 0 aliphatic rings. The van der Waals surface area contributed by atoms with Gasteiger partial charge in [0.1, 0.15) is 17.2 Å². The predicted molar refractivity (Wildman–Crippen MR) is 79.4 cm³/mol. The lowest BCUT2D eigenvalue weighted by Crippen LogP contribution is -2.06. The van der Waals surface area contributed by atoms with Crippen LogP contribution in [-0.2, 0) is 6.54 Å². The van der Waals surface area contributed by atoms with E-state index >= 15 is 0 Å². The fourth-order valence-electron chi connectivity index (χ4n) is 2.27. The fraction of sp³-hybridized carbons (Fsp3) is 0.125. The molecule has 0 aliphatic carbocycles. The third-order valence-corrected chi connectivity index (χ3v) is 3.42. The average molecular weight is 290 g/mol. The first kappa shape index (κ1) is 13.2. The normalized spacial score (nSPS) is 11.2. The second-order valence-electron chi connectivity index (χ2n) is 4.62. The van der Waals surface area contributed by atoms with Crippen LogP contribution >= 0.6 is 11.6 Å². The second-order valence-corrected chi connectivity index (χ2v) is 5.06. The van der Waals surface area contributed by atoms with Crippen LogP contribution in [0.5, 0.6) is 0 Å². The highest BCUT2D eigenvalue weighted by molar-refractivity contribution is 6.30. The molecule has 0 saturated heterocycles.